The van der Waals surface area contributed by atoms with Crippen LogP contribution in [-0.2, 0) is 14.4 Å². The fraction of sp³-hybridized carbons (Fsp3) is 0.190. The van der Waals surface area contributed by atoms with Gasteiger partial charge in [0.2, 0.25) is 5.91 Å². The zero-order valence-corrected chi connectivity index (χ0v) is 16.2. The van der Waals surface area contributed by atoms with Crippen molar-refractivity contribution in [2.75, 3.05) is 16.0 Å². The minimum absolute atomic E-state index is 0.165. The van der Waals surface area contributed by atoms with E-state index in [-0.39, 0.29) is 17.7 Å². The van der Waals surface area contributed by atoms with Gasteiger partial charge >= 0.3 is 0 Å². The van der Waals surface area contributed by atoms with E-state index < -0.39 is 0 Å². The molecule has 2 aromatic rings. The van der Waals surface area contributed by atoms with Gasteiger partial charge in [-0.1, -0.05) is 31.2 Å². The molecule has 6 heteroatoms. The predicted octanol–water partition coefficient (Wildman–Crippen LogP) is 3.99. The molecule has 5 nitrogen and oxygen atoms in total. The van der Waals surface area contributed by atoms with Crippen LogP contribution >= 0.6 is 11.8 Å². The van der Waals surface area contributed by atoms with Crippen LogP contribution < -0.4 is 10.2 Å². The number of rotatable bonds is 5. The highest BCUT2D eigenvalue weighted by Crippen LogP contribution is 2.38. The molecular formula is C21H20N2O3S. The highest BCUT2D eigenvalue weighted by molar-refractivity contribution is 8.04. The molecule has 0 bridgehead atoms. The lowest BCUT2D eigenvalue weighted by molar-refractivity contribution is -0.120. The molecule has 1 aliphatic heterocycles. The van der Waals surface area contributed by atoms with Crippen LogP contribution in [0, 0.1) is 6.92 Å². The van der Waals surface area contributed by atoms with Crippen LogP contribution in [0.2, 0.25) is 0 Å². The summed E-state index contributed by atoms with van der Waals surface area (Å²) in [5.74, 6) is -0.0992. The van der Waals surface area contributed by atoms with E-state index in [1.165, 1.54) is 23.6 Å². The summed E-state index contributed by atoms with van der Waals surface area (Å²) in [6.45, 7) is 5.30. The van der Waals surface area contributed by atoms with Crippen LogP contribution in [0.25, 0.3) is 5.57 Å². The topological polar surface area (TPSA) is 66.5 Å². The predicted molar refractivity (Wildman–Crippen MR) is 109 cm³/mol. The second kappa shape index (κ2) is 7.80. The van der Waals surface area contributed by atoms with Crippen LogP contribution in [0.3, 0.4) is 0 Å². The summed E-state index contributed by atoms with van der Waals surface area (Å²) in [5.41, 5.74) is 3.26. The van der Waals surface area contributed by atoms with Gasteiger partial charge < -0.3 is 5.32 Å². The Morgan fingerprint density at radius 2 is 1.78 bits per heavy atom. The van der Waals surface area contributed by atoms with Crippen molar-refractivity contribution < 1.29 is 14.4 Å². The molecule has 0 fully saturated rings. The molecule has 0 aliphatic carbocycles. The zero-order valence-electron chi connectivity index (χ0n) is 15.4. The summed E-state index contributed by atoms with van der Waals surface area (Å²) in [6, 6.07) is 14.3. The minimum atomic E-state index is -0.325. The maximum atomic E-state index is 13.1. The molecule has 0 saturated heterocycles. The number of hydrogen-bond donors (Lipinski definition) is 1. The molecule has 0 radical (unpaired) electrons. The number of benzene rings is 2. The largest absolute Gasteiger partial charge is 0.326 e. The number of aryl methyl sites for hydroxylation is 1. The number of carbonyl (C=O) groups excluding carboxylic acids is 3. The average Bonchev–Trinajstić information content (AvgIpc) is 2.86. The molecule has 2 aromatic carbocycles. The first kappa shape index (κ1) is 18.9. The van der Waals surface area contributed by atoms with E-state index in [9.17, 15) is 14.4 Å². The molecule has 0 atom stereocenters. The first-order valence-electron chi connectivity index (χ1n) is 8.63. The normalized spacial score (nSPS) is 14.1. The van der Waals surface area contributed by atoms with Crippen molar-refractivity contribution in [3.05, 3.63) is 64.6 Å². The maximum absolute atomic E-state index is 13.1. The quantitative estimate of drug-likeness (QED) is 0.797. The third-order valence-electron chi connectivity index (χ3n) is 4.08. The summed E-state index contributed by atoms with van der Waals surface area (Å²) >= 11 is 1.37. The summed E-state index contributed by atoms with van der Waals surface area (Å²) in [6.07, 6.45) is 0. The molecule has 138 valence electrons. The van der Waals surface area contributed by atoms with E-state index in [2.05, 4.69) is 5.32 Å². The lowest BCUT2D eigenvalue weighted by Crippen LogP contribution is -2.31. The number of thioether (sulfide) groups is 1. The van der Waals surface area contributed by atoms with Crippen molar-refractivity contribution in [3.63, 3.8) is 0 Å². The number of carbonyl (C=O) groups is 3. The molecule has 3 amide bonds. The van der Waals surface area contributed by atoms with Crippen molar-refractivity contribution >= 4 is 46.4 Å². The number of amides is 3. The Hall–Kier alpha value is -2.86. The Morgan fingerprint density at radius 1 is 1.07 bits per heavy atom. The van der Waals surface area contributed by atoms with Crippen LogP contribution in [0.4, 0.5) is 11.4 Å². The SMILES string of the molecule is CCSC1=C(c2ccc(NC(C)=O)cc2)C(=O)N(c2cccc(C)c2)C1=O. The number of imide groups is 1. The minimum Gasteiger partial charge on any atom is -0.326 e. The number of anilines is 2. The first-order chi connectivity index (χ1) is 12.9. The van der Waals surface area contributed by atoms with Crippen molar-refractivity contribution in [1.29, 1.82) is 0 Å². The monoisotopic (exact) mass is 380 g/mol. The van der Waals surface area contributed by atoms with E-state index in [4.69, 9.17) is 0 Å². The molecule has 1 N–H and O–H groups in total. The van der Waals surface area contributed by atoms with E-state index in [1.807, 2.05) is 32.0 Å². The van der Waals surface area contributed by atoms with Crippen molar-refractivity contribution in [2.24, 2.45) is 0 Å². The zero-order chi connectivity index (χ0) is 19.6. The Balaban J connectivity index is 2.02. The molecule has 0 unspecified atom stereocenters. The van der Waals surface area contributed by atoms with Gasteiger partial charge in [0.05, 0.1) is 16.2 Å². The average molecular weight is 380 g/mol. The van der Waals surface area contributed by atoms with Crippen LogP contribution in [0.5, 0.6) is 0 Å². The molecule has 0 spiro atoms. The molecule has 27 heavy (non-hydrogen) atoms. The van der Waals surface area contributed by atoms with E-state index in [1.54, 1.807) is 30.3 Å². The van der Waals surface area contributed by atoms with E-state index in [0.29, 0.717) is 33.2 Å². The summed E-state index contributed by atoms with van der Waals surface area (Å²) in [4.78, 5) is 39.0. The number of nitrogens with zero attached hydrogens (tertiary/aromatic N) is 1. The highest BCUT2D eigenvalue weighted by atomic mass is 32.2. The second-order valence-corrected chi connectivity index (χ2v) is 7.45. The van der Waals surface area contributed by atoms with Gasteiger partial charge in [-0.15, -0.1) is 11.8 Å². The fourth-order valence-corrected chi connectivity index (χ4v) is 3.82. The van der Waals surface area contributed by atoms with Crippen molar-refractivity contribution in [3.8, 4) is 0 Å². The van der Waals surface area contributed by atoms with Gasteiger partial charge in [0.25, 0.3) is 11.8 Å². The maximum Gasteiger partial charge on any atom is 0.272 e. The molecule has 0 aromatic heterocycles. The highest BCUT2D eigenvalue weighted by Gasteiger charge is 2.39. The van der Waals surface area contributed by atoms with E-state index in [0.717, 1.165) is 5.56 Å². The van der Waals surface area contributed by atoms with Gasteiger partial charge in [-0.25, -0.2) is 4.90 Å². The lowest BCUT2D eigenvalue weighted by atomic mass is 10.1. The van der Waals surface area contributed by atoms with Gasteiger partial charge in [-0.3, -0.25) is 14.4 Å². The van der Waals surface area contributed by atoms with Gasteiger partial charge in [0.1, 0.15) is 0 Å². The Kier molecular flexibility index (Phi) is 5.46. The molecule has 3 rings (SSSR count). The fourth-order valence-electron chi connectivity index (χ4n) is 2.97. The molecular weight excluding hydrogens is 360 g/mol. The van der Waals surface area contributed by atoms with Crippen LogP contribution in [0.15, 0.2) is 53.4 Å². The summed E-state index contributed by atoms with van der Waals surface area (Å²) < 4.78 is 0. The summed E-state index contributed by atoms with van der Waals surface area (Å²) in [7, 11) is 0. The number of hydrogen-bond acceptors (Lipinski definition) is 4. The summed E-state index contributed by atoms with van der Waals surface area (Å²) in [5, 5.41) is 2.70. The van der Waals surface area contributed by atoms with Crippen molar-refractivity contribution in [1.82, 2.24) is 0 Å². The Morgan fingerprint density at radius 3 is 2.37 bits per heavy atom. The van der Waals surface area contributed by atoms with E-state index >= 15 is 0 Å². The van der Waals surface area contributed by atoms with Crippen molar-refractivity contribution in [2.45, 2.75) is 20.8 Å². The molecule has 1 aliphatic rings. The lowest BCUT2D eigenvalue weighted by Gasteiger charge is -2.15. The third-order valence-corrected chi connectivity index (χ3v) is 5.04. The standard InChI is InChI=1S/C21H20N2O3S/c1-4-27-19-18(15-8-10-16(11-9-15)22-14(3)24)20(25)23(21(19)26)17-7-5-6-13(2)12-17/h5-12H,4H2,1-3H3,(H,22,24). The molecule has 0 saturated carbocycles. The smallest absolute Gasteiger partial charge is 0.272 e. The van der Waals surface area contributed by atoms with Crippen LogP contribution in [0.1, 0.15) is 25.0 Å². The van der Waals surface area contributed by atoms with Gasteiger partial charge in [0, 0.05) is 12.6 Å². The van der Waals surface area contributed by atoms with Gasteiger partial charge in [0.15, 0.2) is 0 Å². The Labute approximate surface area is 162 Å². The molecule has 1 heterocycles. The van der Waals surface area contributed by atoms with Crippen LogP contribution in [-0.4, -0.2) is 23.5 Å². The van der Waals surface area contributed by atoms with Gasteiger partial charge in [-0.2, -0.15) is 0 Å². The second-order valence-electron chi connectivity index (χ2n) is 6.18. The Bertz CT molecular complexity index is 948. The third kappa shape index (κ3) is 3.80. The van der Waals surface area contributed by atoms with Gasteiger partial charge in [-0.05, 0) is 48.1 Å². The number of nitrogens with one attached hydrogen (secondary N) is 1. The first-order valence-corrected chi connectivity index (χ1v) is 9.61.